The molecule has 0 aromatic heterocycles. The van der Waals surface area contributed by atoms with Crippen LogP contribution in [0.25, 0.3) is 0 Å². The van der Waals surface area contributed by atoms with E-state index in [1.165, 1.54) is 148 Å². The van der Waals surface area contributed by atoms with Crippen LogP contribution in [0, 0.1) is 0 Å². The minimum absolute atomic E-state index is 0.182. The lowest BCUT2D eigenvalue weighted by Crippen LogP contribution is -2.66. The lowest BCUT2D eigenvalue weighted by Gasteiger charge is -2.48. The number of hydrogen-bond donors (Lipinski definition) is 12. The highest BCUT2D eigenvalue weighted by Crippen LogP contribution is 2.33. The lowest BCUT2D eigenvalue weighted by molar-refractivity contribution is -0.379. The van der Waals surface area contributed by atoms with Gasteiger partial charge in [0.2, 0.25) is 5.91 Å². The van der Waals surface area contributed by atoms with Crippen molar-refractivity contribution >= 4 is 5.91 Å². The molecule has 17 unspecified atom stereocenters. The average Bonchev–Trinajstić information content (AvgIpc) is 0.787. The zero-order valence-electron chi connectivity index (χ0n) is 58.4. The summed E-state index contributed by atoms with van der Waals surface area (Å²) in [6.45, 7) is 1.66. The quantitative estimate of drug-likeness (QED) is 0.0199. The zero-order valence-corrected chi connectivity index (χ0v) is 58.4. The Morgan fingerprint density at radius 3 is 1.09 bits per heavy atom. The van der Waals surface area contributed by atoms with Crippen LogP contribution in [0.1, 0.15) is 258 Å². The molecule has 0 aromatic carbocycles. The second-order valence-corrected chi connectivity index (χ2v) is 26.4. The summed E-state index contributed by atoms with van der Waals surface area (Å²) in [7, 11) is 0. The van der Waals surface area contributed by atoms with Crippen LogP contribution in [0.2, 0.25) is 0 Å². The maximum Gasteiger partial charge on any atom is 0.220 e. The minimum atomic E-state index is -1.98. The summed E-state index contributed by atoms with van der Waals surface area (Å²) in [5, 5.41) is 121. The fourth-order valence-corrected chi connectivity index (χ4v) is 12.2. The molecule has 19 nitrogen and oxygen atoms in total. The number of unbranched alkanes of at least 4 members (excludes halogenated alkanes) is 27. The molecule has 0 aromatic rings. The first-order chi connectivity index (χ1) is 46.3. The van der Waals surface area contributed by atoms with Crippen molar-refractivity contribution in [1.29, 1.82) is 0 Å². The lowest BCUT2D eigenvalue weighted by atomic mass is 9.96. The van der Waals surface area contributed by atoms with E-state index in [4.69, 9.17) is 28.4 Å². The monoisotopic (exact) mass is 1350 g/mol. The molecule has 95 heavy (non-hydrogen) atoms. The van der Waals surface area contributed by atoms with Gasteiger partial charge in [-0.15, -0.1) is 0 Å². The molecule has 17 atom stereocenters. The number of ether oxygens (including phenoxy) is 6. The molecule has 3 heterocycles. The number of aliphatic hydroxyl groups is 11. The van der Waals surface area contributed by atoms with Gasteiger partial charge >= 0.3 is 0 Å². The highest BCUT2D eigenvalue weighted by Gasteiger charge is 2.53. The largest absolute Gasteiger partial charge is 0.394 e. The molecule has 1 amide bonds. The van der Waals surface area contributed by atoms with E-state index in [2.05, 4.69) is 98.2 Å². The predicted molar refractivity (Wildman–Crippen MR) is 374 cm³/mol. The number of allylic oxidation sites excluding steroid dienone is 14. The van der Waals surface area contributed by atoms with Crippen LogP contribution in [0.5, 0.6) is 0 Å². The SMILES string of the molecule is CC/C=C\C/C=C\C/C=C\C/C=C\C/C=C\C/C=C\C/C=C\CCCC(=O)NC(COC1OC(CO)C(OC2OC(CO)C(OC3OC(CO)C(O)C(O)C3O)C(O)C2O)C(O)C1O)C(O)CCCCCCCCCCCCCCCCCCCCCCCCCCCCC. The Labute approximate surface area is 571 Å². The maximum atomic E-state index is 13.4. The number of hydrogen-bond acceptors (Lipinski definition) is 18. The Morgan fingerprint density at radius 1 is 0.389 bits per heavy atom. The van der Waals surface area contributed by atoms with E-state index in [1.807, 2.05) is 6.08 Å². The molecule has 0 bridgehead atoms. The van der Waals surface area contributed by atoms with Crippen molar-refractivity contribution in [2.45, 2.75) is 362 Å². The van der Waals surface area contributed by atoms with Gasteiger partial charge in [0.05, 0.1) is 38.6 Å². The molecule has 3 aliphatic heterocycles. The van der Waals surface area contributed by atoms with Gasteiger partial charge < -0.3 is 89.9 Å². The summed E-state index contributed by atoms with van der Waals surface area (Å²) in [6.07, 6.45) is 46.7. The molecule has 19 heteroatoms. The minimum Gasteiger partial charge on any atom is -0.394 e. The van der Waals surface area contributed by atoms with Gasteiger partial charge in [-0.05, 0) is 64.2 Å². The van der Waals surface area contributed by atoms with Crippen molar-refractivity contribution in [1.82, 2.24) is 5.32 Å². The number of aliphatic hydroxyl groups excluding tert-OH is 11. The first-order valence-electron chi connectivity index (χ1n) is 37.3. The Balaban J connectivity index is 1.42. The van der Waals surface area contributed by atoms with Crippen molar-refractivity contribution in [3.05, 3.63) is 85.1 Å². The third-order valence-electron chi connectivity index (χ3n) is 18.2. The Morgan fingerprint density at radius 2 is 0.716 bits per heavy atom. The first kappa shape index (κ1) is 86.2. The summed E-state index contributed by atoms with van der Waals surface area (Å²) in [5.41, 5.74) is 0. The molecule has 0 radical (unpaired) electrons. The van der Waals surface area contributed by atoms with Crippen molar-refractivity contribution in [3.63, 3.8) is 0 Å². The van der Waals surface area contributed by atoms with Gasteiger partial charge in [-0.3, -0.25) is 4.79 Å². The topological polar surface area (TPSA) is 307 Å². The summed E-state index contributed by atoms with van der Waals surface area (Å²) in [6, 6.07) is -0.925. The highest BCUT2D eigenvalue weighted by molar-refractivity contribution is 5.76. The van der Waals surface area contributed by atoms with Crippen LogP contribution in [0.3, 0.4) is 0 Å². The van der Waals surface area contributed by atoms with Crippen LogP contribution >= 0.6 is 0 Å². The van der Waals surface area contributed by atoms with Gasteiger partial charge in [0.1, 0.15) is 73.2 Å². The van der Waals surface area contributed by atoms with Crippen LogP contribution in [0.4, 0.5) is 0 Å². The normalized spacial score (nSPS) is 27.7. The predicted octanol–water partition coefficient (Wildman–Crippen LogP) is 11.1. The fourth-order valence-electron chi connectivity index (χ4n) is 12.2. The number of nitrogens with one attached hydrogen (secondary N) is 1. The van der Waals surface area contributed by atoms with Crippen molar-refractivity contribution in [3.8, 4) is 0 Å². The van der Waals surface area contributed by atoms with Crippen LogP contribution < -0.4 is 5.32 Å². The van der Waals surface area contributed by atoms with E-state index < -0.39 is 124 Å². The third kappa shape index (κ3) is 37.8. The van der Waals surface area contributed by atoms with Crippen LogP contribution in [-0.2, 0) is 33.2 Å². The van der Waals surface area contributed by atoms with Crippen LogP contribution in [-0.4, -0.2) is 193 Å². The average molecular weight is 1350 g/mol. The highest BCUT2D eigenvalue weighted by atomic mass is 16.8. The van der Waals surface area contributed by atoms with Crippen molar-refractivity contribution < 1.29 is 89.4 Å². The van der Waals surface area contributed by atoms with E-state index in [-0.39, 0.29) is 18.9 Å². The van der Waals surface area contributed by atoms with Crippen molar-refractivity contribution in [2.24, 2.45) is 0 Å². The second-order valence-electron chi connectivity index (χ2n) is 26.4. The summed E-state index contributed by atoms with van der Waals surface area (Å²) >= 11 is 0. The number of rotatable bonds is 57. The third-order valence-corrected chi connectivity index (χ3v) is 18.2. The molecule has 0 saturated carbocycles. The van der Waals surface area contributed by atoms with Crippen molar-refractivity contribution in [2.75, 3.05) is 26.4 Å². The molecular formula is C76H133NO18. The fraction of sp³-hybridized carbons (Fsp3) is 0.803. The maximum absolute atomic E-state index is 13.4. The molecule has 3 fully saturated rings. The molecule has 3 saturated heterocycles. The Bertz CT molecular complexity index is 2050. The Kier molecular flexibility index (Phi) is 51.4. The van der Waals surface area contributed by atoms with Gasteiger partial charge in [-0.25, -0.2) is 0 Å². The van der Waals surface area contributed by atoms with Gasteiger partial charge in [0.25, 0.3) is 0 Å². The summed E-state index contributed by atoms with van der Waals surface area (Å²) in [4.78, 5) is 13.4. The molecule has 3 aliphatic rings. The number of amides is 1. The van der Waals surface area contributed by atoms with Gasteiger partial charge in [0, 0.05) is 6.42 Å². The molecule has 3 rings (SSSR count). The van der Waals surface area contributed by atoms with E-state index in [0.717, 1.165) is 64.2 Å². The first-order valence-corrected chi connectivity index (χ1v) is 37.3. The number of carbonyl (C=O) groups is 1. The second kappa shape index (κ2) is 56.7. The van der Waals surface area contributed by atoms with Gasteiger partial charge in [-0.2, -0.15) is 0 Å². The molecular weight excluding hydrogens is 1210 g/mol. The molecule has 0 aliphatic carbocycles. The van der Waals surface area contributed by atoms with Gasteiger partial charge in [0.15, 0.2) is 18.9 Å². The Hall–Kier alpha value is -3.03. The molecule has 0 spiro atoms. The van der Waals surface area contributed by atoms with Crippen LogP contribution in [0.15, 0.2) is 85.1 Å². The van der Waals surface area contributed by atoms with E-state index in [9.17, 15) is 61.0 Å². The smallest absolute Gasteiger partial charge is 0.220 e. The molecule has 12 N–H and O–H groups in total. The van der Waals surface area contributed by atoms with E-state index >= 15 is 0 Å². The molecule has 550 valence electrons. The van der Waals surface area contributed by atoms with E-state index in [1.54, 1.807) is 0 Å². The standard InChI is InChI=1S/C76H133NO18/c1-3-5-7-9-11-13-15-17-19-21-23-25-27-28-29-30-32-33-35-37-39-41-43-45-47-49-51-53-60(81)59(77-64(82)54-52-50-48-46-44-42-40-38-36-34-31-26-24-22-20-18-16-14-12-10-8-6-4-2)58-90-74-70(88)67(85)72(62(56-79)92-74)95-76-71(89)68(86)73(63(57-80)93-76)94-75-69(87)66(84)65(83)61(55-78)91-75/h6,8,12,14,18,20,24,26,34,36,40,42,46,48,59-63,65-76,78-81,83-89H,3-5,7,9-11,13,15-17,19,21-23,25,27-33,35,37-39,41,43-45,47,49-58H2,1-2H3,(H,77,82)/b8-6-,14-12-,20-18-,26-24-,36-34-,42-40-,48-46-. The summed E-state index contributed by atoms with van der Waals surface area (Å²) < 4.78 is 34.4. The van der Waals surface area contributed by atoms with Gasteiger partial charge in [-0.1, -0.05) is 272 Å². The zero-order chi connectivity index (χ0) is 68.9. The summed E-state index contributed by atoms with van der Waals surface area (Å²) in [5.74, 6) is -0.301. The number of carbonyl (C=O) groups excluding carboxylic acids is 1. The van der Waals surface area contributed by atoms with E-state index in [0.29, 0.717) is 25.7 Å².